The third-order valence-corrected chi connectivity index (χ3v) is 8.26. The molecule has 3 rings (SSSR count). The van der Waals surface area contributed by atoms with Crippen LogP contribution >= 0.6 is 23.5 Å². The maximum atomic E-state index is 12.1. The van der Waals surface area contributed by atoms with Crippen LogP contribution in [0, 0.1) is 0 Å². The van der Waals surface area contributed by atoms with Gasteiger partial charge in [0.25, 0.3) is 0 Å². The number of phenols is 2. The fourth-order valence-electron chi connectivity index (χ4n) is 3.78. The van der Waals surface area contributed by atoms with Gasteiger partial charge in [-0.25, -0.2) is 0 Å². The number of benzene rings is 2. The van der Waals surface area contributed by atoms with Gasteiger partial charge in [0.05, 0.1) is 0 Å². The Bertz CT molecular complexity index is 886. The van der Waals surface area contributed by atoms with Gasteiger partial charge in [0.2, 0.25) is 12.3 Å². The Labute approximate surface area is 244 Å². The molecule has 0 aliphatic carbocycles. The van der Waals surface area contributed by atoms with E-state index in [0.717, 1.165) is 36.3 Å². The highest BCUT2D eigenvalue weighted by molar-refractivity contribution is 7.99. The molecule has 39 heavy (non-hydrogen) atoms. The van der Waals surface area contributed by atoms with Crippen molar-refractivity contribution in [3.05, 3.63) is 48.5 Å². The first-order valence-corrected chi connectivity index (χ1v) is 16.3. The van der Waals surface area contributed by atoms with Crippen molar-refractivity contribution in [2.45, 2.75) is 81.9 Å². The fourth-order valence-corrected chi connectivity index (χ4v) is 5.61. The van der Waals surface area contributed by atoms with Gasteiger partial charge < -0.3 is 20.0 Å². The summed E-state index contributed by atoms with van der Waals surface area (Å²) in [5.74, 6) is 3.06. The molecule has 0 atom stereocenters. The molecule has 0 bridgehead atoms. The van der Waals surface area contributed by atoms with E-state index in [-0.39, 0.29) is 5.91 Å². The molecule has 2 amide bonds. The van der Waals surface area contributed by atoms with Gasteiger partial charge in [0.15, 0.2) is 0 Å². The molecule has 2 aromatic rings. The zero-order valence-electron chi connectivity index (χ0n) is 24.0. The van der Waals surface area contributed by atoms with Gasteiger partial charge in [-0.1, -0.05) is 46.5 Å². The topological polar surface area (TPSA) is 81.1 Å². The van der Waals surface area contributed by atoms with E-state index in [4.69, 9.17) is 5.11 Å². The molecule has 2 aromatic carbocycles. The van der Waals surface area contributed by atoms with Crippen molar-refractivity contribution in [1.29, 1.82) is 0 Å². The molecule has 1 aliphatic rings. The summed E-state index contributed by atoms with van der Waals surface area (Å²) < 4.78 is 0. The normalized spacial score (nSPS) is 12.6. The molecule has 1 heterocycles. The van der Waals surface area contributed by atoms with E-state index in [1.54, 1.807) is 40.9 Å². The van der Waals surface area contributed by atoms with E-state index in [2.05, 4.69) is 6.92 Å². The number of nitrogens with zero attached hydrogens (tertiary/aromatic N) is 2. The second-order valence-corrected chi connectivity index (χ2v) is 11.4. The van der Waals surface area contributed by atoms with Gasteiger partial charge in [-0.2, -0.15) is 0 Å². The molecule has 0 aromatic heterocycles. The standard InChI is InChI=1S/C17H24N2O3S.C12H18OS.C2H6/c20-14-18-9-11-19(12-10-18)17(22)4-2-1-3-13-23-16-7-5-15(21)6-8-16;1-2-3-4-5-10-14-12-8-6-11(13)7-9-12;1-2/h5-8,14,21H,1-4,9-13H2;6-9,13H,2-5,10H2,1H3;1-2H3. The van der Waals surface area contributed by atoms with Gasteiger partial charge in [-0.15, -0.1) is 23.5 Å². The summed E-state index contributed by atoms with van der Waals surface area (Å²) in [6.07, 6.45) is 9.77. The summed E-state index contributed by atoms with van der Waals surface area (Å²) in [4.78, 5) is 28.7. The number of aromatic hydroxyl groups is 2. The monoisotopic (exact) mass is 576 g/mol. The first-order valence-electron chi connectivity index (χ1n) is 14.3. The maximum absolute atomic E-state index is 12.1. The highest BCUT2D eigenvalue weighted by Gasteiger charge is 2.19. The first kappa shape index (κ1) is 34.7. The minimum Gasteiger partial charge on any atom is -0.508 e. The Morgan fingerprint density at radius 1 is 0.744 bits per heavy atom. The van der Waals surface area contributed by atoms with Crippen LogP contribution in [0.3, 0.4) is 0 Å². The SMILES string of the molecule is CC.CCCCCCSc1ccc(O)cc1.O=CN1CCN(C(=O)CCCCCSc2ccc(O)cc2)CC1. The van der Waals surface area contributed by atoms with Crippen molar-refractivity contribution in [2.24, 2.45) is 0 Å². The molecule has 1 saturated heterocycles. The van der Waals surface area contributed by atoms with Crippen LogP contribution in [-0.4, -0.2) is 70.0 Å². The van der Waals surface area contributed by atoms with Crippen LogP contribution in [0.15, 0.2) is 58.3 Å². The van der Waals surface area contributed by atoms with E-state index < -0.39 is 0 Å². The van der Waals surface area contributed by atoms with Crippen LogP contribution in [0.5, 0.6) is 11.5 Å². The van der Waals surface area contributed by atoms with Crippen LogP contribution in [0.2, 0.25) is 0 Å². The lowest BCUT2D eigenvalue weighted by Gasteiger charge is -2.32. The highest BCUT2D eigenvalue weighted by Crippen LogP contribution is 2.23. The highest BCUT2D eigenvalue weighted by atomic mass is 32.2. The predicted octanol–water partition coefficient (Wildman–Crippen LogP) is 7.44. The smallest absolute Gasteiger partial charge is 0.222 e. The lowest BCUT2D eigenvalue weighted by atomic mass is 10.2. The average Bonchev–Trinajstić information content (AvgIpc) is 2.98. The maximum Gasteiger partial charge on any atom is 0.222 e. The fraction of sp³-hybridized carbons (Fsp3) is 0.548. The number of phenolic OH excluding ortho intramolecular Hbond substituents is 2. The van der Waals surface area contributed by atoms with Crippen LogP contribution in [0.1, 0.15) is 72.1 Å². The summed E-state index contributed by atoms with van der Waals surface area (Å²) in [7, 11) is 0. The summed E-state index contributed by atoms with van der Waals surface area (Å²) in [5, 5.41) is 18.3. The minimum absolute atomic E-state index is 0.210. The van der Waals surface area contributed by atoms with Crippen molar-refractivity contribution >= 4 is 35.8 Å². The zero-order chi connectivity index (χ0) is 28.7. The number of piperazine rings is 1. The number of unbranched alkanes of at least 4 members (excludes halogenated alkanes) is 5. The molecule has 0 spiro atoms. The minimum atomic E-state index is 0.210. The quantitative estimate of drug-likeness (QED) is 0.138. The van der Waals surface area contributed by atoms with Gasteiger partial charge >= 0.3 is 0 Å². The van der Waals surface area contributed by atoms with Crippen LogP contribution in [0.4, 0.5) is 0 Å². The zero-order valence-corrected chi connectivity index (χ0v) is 25.7. The summed E-state index contributed by atoms with van der Waals surface area (Å²) in [5.41, 5.74) is 0. The third-order valence-electron chi connectivity index (χ3n) is 6.06. The number of thioether (sulfide) groups is 2. The molecule has 6 nitrogen and oxygen atoms in total. The Kier molecular flexibility index (Phi) is 20.0. The molecular weight excluding hydrogens is 528 g/mol. The number of rotatable bonds is 14. The third kappa shape index (κ3) is 16.4. The number of amides is 2. The first-order chi connectivity index (χ1) is 19.0. The van der Waals surface area contributed by atoms with E-state index in [0.29, 0.717) is 44.1 Å². The number of hydrogen-bond donors (Lipinski definition) is 2. The lowest BCUT2D eigenvalue weighted by molar-refractivity contribution is -0.135. The Morgan fingerprint density at radius 3 is 1.64 bits per heavy atom. The Balaban J connectivity index is 0.000000407. The molecule has 8 heteroatoms. The van der Waals surface area contributed by atoms with Gasteiger partial charge in [-0.3, -0.25) is 9.59 Å². The van der Waals surface area contributed by atoms with Gasteiger partial charge in [-0.05, 0) is 79.3 Å². The second kappa shape index (κ2) is 22.5. The summed E-state index contributed by atoms with van der Waals surface area (Å²) >= 11 is 3.64. The Morgan fingerprint density at radius 2 is 1.21 bits per heavy atom. The molecule has 2 N–H and O–H groups in total. The average molecular weight is 577 g/mol. The number of carbonyl (C=O) groups is 2. The van der Waals surface area contributed by atoms with E-state index in [9.17, 15) is 14.7 Å². The van der Waals surface area contributed by atoms with E-state index in [1.807, 2.05) is 54.8 Å². The Hall–Kier alpha value is -2.32. The van der Waals surface area contributed by atoms with Gasteiger partial charge in [0, 0.05) is 42.4 Å². The van der Waals surface area contributed by atoms with Crippen LogP contribution < -0.4 is 0 Å². The molecule has 1 aliphatic heterocycles. The summed E-state index contributed by atoms with van der Waals surface area (Å²) in [6, 6.07) is 14.7. The molecule has 0 saturated carbocycles. The van der Waals surface area contributed by atoms with Crippen molar-refractivity contribution in [1.82, 2.24) is 9.80 Å². The number of carbonyl (C=O) groups excluding carboxylic acids is 2. The van der Waals surface area contributed by atoms with Crippen molar-refractivity contribution < 1.29 is 19.8 Å². The molecule has 0 unspecified atom stereocenters. The van der Waals surface area contributed by atoms with Crippen LogP contribution in [0.25, 0.3) is 0 Å². The molecule has 218 valence electrons. The molecular formula is C31H48N2O4S2. The largest absolute Gasteiger partial charge is 0.508 e. The van der Waals surface area contributed by atoms with E-state index in [1.165, 1.54) is 36.3 Å². The van der Waals surface area contributed by atoms with Crippen molar-refractivity contribution in [3.63, 3.8) is 0 Å². The number of hydrogen-bond acceptors (Lipinski definition) is 6. The van der Waals surface area contributed by atoms with Crippen LogP contribution in [-0.2, 0) is 9.59 Å². The lowest BCUT2D eigenvalue weighted by Crippen LogP contribution is -2.48. The predicted molar refractivity (Wildman–Crippen MR) is 166 cm³/mol. The second-order valence-electron chi connectivity index (χ2n) is 9.08. The van der Waals surface area contributed by atoms with Crippen molar-refractivity contribution in [3.8, 4) is 11.5 Å². The molecule has 0 radical (unpaired) electrons. The molecule has 1 fully saturated rings. The van der Waals surface area contributed by atoms with E-state index >= 15 is 0 Å². The van der Waals surface area contributed by atoms with Gasteiger partial charge in [0.1, 0.15) is 11.5 Å². The van der Waals surface area contributed by atoms with Crippen molar-refractivity contribution in [2.75, 3.05) is 37.7 Å². The summed E-state index contributed by atoms with van der Waals surface area (Å²) in [6.45, 7) is 8.85.